The fraction of sp³-hybridized carbons (Fsp3) is 0.231. The predicted octanol–water partition coefficient (Wildman–Crippen LogP) is 5.43. The first-order valence-corrected chi connectivity index (χ1v) is 10.4. The van der Waals surface area contributed by atoms with Gasteiger partial charge in [0.2, 0.25) is 5.91 Å². The van der Waals surface area contributed by atoms with Gasteiger partial charge in [-0.2, -0.15) is 0 Å². The number of nitrogens with one attached hydrogen (secondary N) is 2. The van der Waals surface area contributed by atoms with E-state index in [4.69, 9.17) is 0 Å². The van der Waals surface area contributed by atoms with Crippen molar-refractivity contribution >= 4 is 28.9 Å². The van der Waals surface area contributed by atoms with Crippen LogP contribution in [0.2, 0.25) is 0 Å². The molecule has 31 heavy (non-hydrogen) atoms. The van der Waals surface area contributed by atoms with Crippen molar-refractivity contribution in [1.29, 1.82) is 0 Å². The lowest BCUT2D eigenvalue weighted by Gasteiger charge is -2.46. The number of nitrogens with zero attached hydrogens (tertiary/aromatic N) is 1. The predicted molar refractivity (Wildman–Crippen MR) is 126 cm³/mol. The van der Waals surface area contributed by atoms with Gasteiger partial charge in [0.25, 0.3) is 5.91 Å². The van der Waals surface area contributed by atoms with Crippen LogP contribution < -0.4 is 15.5 Å². The molecule has 0 aromatic heterocycles. The number of hydrogen-bond donors (Lipinski definition) is 2. The van der Waals surface area contributed by atoms with Gasteiger partial charge in [-0.25, -0.2) is 0 Å². The van der Waals surface area contributed by atoms with Crippen LogP contribution >= 0.6 is 0 Å². The summed E-state index contributed by atoms with van der Waals surface area (Å²) < 4.78 is 0. The number of amides is 2. The summed E-state index contributed by atoms with van der Waals surface area (Å²) in [6.45, 7) is 7.87. The molecule has 158 valence electrons. The minimum Gasteiger partial charge on any atom is -0.361 e. The van der Waals surface area contributed by atoms with Crippen LogP contribution in [0.5, 0.6) is 0 Å². The Morgan fingerprint density at radius 2 is 1.68 bits per heavy atom. The van der Waals surface area contributed by atoms with Crippen LogP contribution in [0.4, 0.5) is 17.1 Å². The summed E-state index contributed by atoms with van der Waals surface area (Å²) in [4.78, 5) is 28.4. The topological polar surface area (TPSA) is 61.4 Å². The molecule has 0 fully saturated rings. The maximum atomic E-state index is 13.6. The molecule has 2 amide bonds. The first-order chi connectivity index (χ1) is 14.8. The second kappa shape index (κ2) is 7.91. The van der Waals surface area contributed by atoms with E-state index in [1.165, 1.54) is 0 Å². The smallest absolute Gasteiger partial charge is 0.262 e. The Bertz CT molecular complexity index is 1170. The van der Waals surface area contributed by atoms with Gasteiger partial charge in [-0.1, -0.05) is 48.0 Å². The molecule has 1 unspecified atom stereocenters. The highest BCUT2D eigenvalue weighted by atomic mass is 16.2. The molecule has 0 radical (unpaired) electrons. The normalized spacial score (nSPS) is 17.7. The lowest BCUT2D eigenvalue weighted by atomic mass is 9.95. The molecule has 0 aliphatic carbocycles. The van der Waals surface area contributed by atoms with Crippen molar-refractivity contribution < 1.29 is 9.59 Å². The lowest BCUT2D eigenvalue weighted by molar-refractivity contribution is -0.117. The molecule has 1 heterocycles. The molecule has 3 aromatic rings. The van der Waals surface area contributed by atoms with Gasteiger partial charge in [0, 0.05) is 17.1 Å². The van der Waals surface area contributed by atoms with Crippen molar-refractivity contribution in [1.82, 2.24) is 0 Å². The lowest BCUT2D eigenvalue weighted by Crippen LogP contribution is -2.60. The first-order valence-electron chi connectivity index (χ1n) is 10.4. The Hall–Kier alpha value is -3.60. The van der Waals surface area contributed by atoms with E-state index in [0.29, 0.717) is 5.56 Å². The highest BCUT2D eigenvalue weighted by Gasteiger charge is 2.44. The van der Waals surface area contributed by atoms with E-state index < -0.39 is 5.66 Å². The Morgan fingerprint density at radius 1 is 0.968 bits per heavy atom. The zero-order valence-electron chi connectivity index (χ0n) is 18.3. The third kappa shape index (κ3) is 3.91. The number of rotatable bonds is 4. The second-order valence-electron chi connectivity index (χ2n) is 8.41. The summed E-state index contributed by atoms with van der Waals surface area (Å²) in [7, 11) is 0. The van der Waals surface area contributed by atoms with Crippen molar-refractivity contribution in [2.45, 2.75) is 39.8 Å². The molecular formula is C26H27N3O2. The molecule has 0 bridgehead atoms. The van der Waals surface area contributed by atoms with Crippen LogP contribution in [0.15, 0.2) is 66.7 Å². The molecule has 0 saturated carbocycles. The van der Waals surface area contributed by atoms with Crippen molar-refractivity contribution in [2.24, 2.45) is 0 Å². The van der Waals surface area contributed by atoms with Crippen LogP contribution in [0, 0.1) is 20.8 Å². The number of aryl methyl sites for hydroxylation is 3. The average molecular weight is 414 g/mol. The van der Waals surface area contributed by atoms with E-state index in [0.717, 1.165) is 33.8 Å². The maximum absolute atomic E-state index is 13.6. The van der Waals surface area contributed by atoms with E-state index in [9.17, 15) is 9.59 Å². The van der Waals surface area contributed by atoms with Crippen molar-refractivity contribution in [3.63, 3.8) is 0 Å². The van der Waals surface area contributed by atoms with E-state index in [1.54, 1.807) is 4.90 Å². The fourth-order valence-electron chi connectivity index (χ4n) is 4.24. The summed E-state index contributed by atoms with van der Waals surface area (Å²) in [5.41, 5.74) is 5.09. The second-order valence-corrected chi connectivity index (χ2v) is 8.41. The zero-order valence-corrected chi connectivity index (χ0v) is 18.3. The average Bonchev–Trinajstić information content (AvgIpc) is 2.71. The maximum Gasteiger partial charge on any atom is 0.262 e. The van der Waals surface area contributed by atoms with Gasteiger partial charge in [-0.05, 0) is 63.1 Å². The van der Waals surface area contributed by atoms with Crippen LogP contribution in [0.1, 0.15) is 40.4 Å². The van der Waals surface area contributed by atoms with Gasteiger partial charge in [0.1, 0.15) is 5.66 Å². The highest BCUT2D eigenvalue weighted by molar-refractivity contribution is 6.13. The van der Waals surface area contributed by atoms with Crippen LogP contribution in [-0.4, -0.2) is 17.5 Å². The molecule has 5 heteroatoms. The zero-order chi connectivity index (χ0) is 22.2. The summed E-state index contributed by atoms with van der Waals surface area (Å²) in [5, 5.41) is 6.48. The molecule has 0 saturated heterocycles. The van der Waals surface area contributed by atoms with Gasteiger partial charge in [0.15, 0.2) is 0 Å². The molecule has 1 atom stereocenters. The minimum absolute atomic E-state index is 0.0920. The first kappa shape index (κ1) is 20.7. The Kier molecular flexibility index (Phi) is 5.27. The van der Waals surface area contributed by atoms with Gasteiger partial charge < -0.3 is 10.6 Å². The van der Waals surface area contributed by atoms with E-state index in [1.807, 2.05) is 94.4 Å². The third-order valence-corrected chi connectivity index (χ3v) is 5.78. The van der Waals surface area contributed by atoms with Crippen LogP contribution in [-0.2, 0) is 4.79 Å². The summed E-state index contributed by atoms with van der Waals surface area (Å²) in [5.74, 6) is -0.279. The molecule has 1 aliphatic rings. The number of carbonyl (C=O) groups is 2. The number of fused-ring (bicyclic) bond motifs is 1. The number of anilines is 3. The van der Waals surface area contributed by atoms with Crippen LogP contribution in [0.3, 0.4) is 0 Å². The Labute approximate surface area is 183 Å². The monoisotopic (exact) mass is 413 g/mol. The SMILES string of the molecule is Cc1ccc(NC(=O)CC2(C)Nc3ccccc3C(=O)N2c2ccccc2C)c(C)c1. The Morgan fingerprint density at radius 3 is 2.42 bits per heavy atom. The summed E-state index contributed by atoms with van der Waals surface area (Å²) in [6, 6.07) is 21.1. The number of hydrogen-bond acceptors (Lipinski definition) is 3. The van der Waals surface area contributed by atoms with E-state index in [-0.39, 0.29) is 18.2 Å². The molecule has 0 spiro atoms. The molecule has 1 aliphatic heterocycles. The third-order valence-electron chi connectivity index (χ3n) is 5.78. The number of benzene rings is 3. The molecule has 2 N–H and O–H groups in total. The van der Waals surface area contributed by atoms with Crippen molar-refractivity contribution in [3.05, 3.63) is 89.0 Å². The van der Waals surface area contributed by atoms with Crippen LogP contribution in [0.25, 0.3) is 0 Å². The van der Waals surface area contributed by atoms with Crippen molar-refractivity contribution in [3.8, 4) is 0 Å². The molecule has 3 aromatic carbocycles. The largest absolute Gasteiger partial charge is 0.361 e. The Balaban J connectivity index is 1.71. The van der Waals surface area contributed by atoms with E-state index in [2.05, 4.69) is 10.6 Å². The highest BCUT2D eigenvalue weighted by Crippen LogP contribution is 2.38. The van der Waals surface area contributed by atoms with Gasteiger partial charge in [-0.3, -0.25) is 14.5 Å². The molecule has 5 nitrogen and oxygen atoms in total. The number of carbonyl (C=O) groups excluding carboxylic acids is 2. The van der Waals surface area contributed by atoms with Gasteiger partial charge in [0.05, 0.1) is 12.0 Å². The van der Waals surface area contributed by atoms with Gasteiger partial charge in [-0.15, -0.1) is 0 Å². The minimum atomic E-state index is -0.930. The fourth-order valence-corrected chi connectivity index (χ4v) is 4.24. The standard InChI is InChI=1S/C26H27N3O2/c1-17-13-14-21(19(3)15-17)27-24(30)16-26(4)28-22-11-7-6-10-20(22)25(31)29(26)23-12-8-5-9-18(23)2/h5-15,28H,16H2,1-4H3,(H,27,30). The van der Waals surface area contributed by atoms with Crippen molar-refractivity contribution in [2.75, 3.05) is 15.5 Å². The summed E-state index contributed by atoms with van der Waals surface area (Å²) in [6.07, 6.45) is 0.0920. The quantitative estimate of drug-likeness (QED) is 0.600. The molecule has 4 rings (SSSR count). The van der Waals surface area contributed by atoms with E-state index >= 15 is 0 Å². The number of para-hydroxylation sites is 2. The summed E-state index contributed by atoms with van der Waals surface area (Å²) >= 11 is 0. The van der Waals surface area contributed by atoms with Gasteiger partial charge >= 0.3 is 0 Å². The molecular weight excluding hydrogens is 386 g/mol.